The van der Waals surface area contributed by atoms with Crippen molar-refractivity contribution in [3.05, 3.63) is 0 Å². The van der Waals surface area contributed by atoms with Crippen molar-refractivity contribution >= 4 is 17.9 Å². The van der Waals surface area contributed by atoms with E-state index < -0.39 is 5.41 Å². The van der Waals surface area contributed by atoms with Gasteiger partial charge in [-0.15, -0.1) is 0 Å². The van der Waals surface area contributed by atoms with Crippen LogP contribution >= 0.6 is 0 Å². The molecule has 1 aliphatic heterocycles. The summed E-state index contributed by atoms with van der Waals surface area (Å²) >= 11 is 0. The molecule has 3 aliphatic rings. The van der Waals surface area contributed by atoms with Crippen LogP contribution in [0.3, 0.4) is 0 Å². The number of fused-ring (bicyclic) bond motifs is 1. The SMILES string of the molecule is CCC(C)(C)C(=O)OCCOCCCC(=O)OC1C2CC3C(=O)OC1C3C2. The van der Waals surface area contributed by atoms with Gasteiger partial charge >= 0.3 is 17.9 Å². The molecule has 5 unspecified atom stereocenters. The van der Waals surface area contributed by atoms with E-state index in [-0.39, 0.29) is 60.9 Å². The van der Waals surface area contributed by atoms with Gasteiger partial charge in [-0.1, -0.05) is 6.92 Å². The van der Waals surface area contributed by atoms with E-state index in [0.29, 0.717) is 19.6 Å². The topological polar surface area (TPSA) is 88.1 Å². The molecule has 27 heavy (non-hydrogen) atoms. The molecule has 0 aromatic heterocycles. The monoisotopic (exact) mass is 382 g/mol. The fourth-order valence-corrected chi connectivity index (χ4v) is 4.23. The molecule has 0 aromatic rings. The van der Waals surface area contributed by atoms with E-state index in [1.165, 1.54) is 0 Å². The predicted molar refractivity (Wildman–Crippen MR) is 94.5 cm³/mol. The van der Waals surface area contributed by atoms with E-state index in [4.69, 9.17) is 18.9 Å². The van der Waals surface area contributed by atoms with Crippen LogP contribution in [0.1, 0.15) is 52.9 Å². The third kappa shape index (κ3) is 4.28. The van der Waals surface area contributed by atoms with Crippen molar-refractivity contribution in [2.24, 2.45) is 23.2 Å². The second-order valence-corrected chi connectivity index (χ2v) is 8.45. The number of rotatable bonds is 10. The second kappa shape index (κ2) is 8.17. The summed E-state index contributed by atoms with van der Waals surface area (Å²) in [4.78, 5) is 35.6. The largest absolute Gasteiger partial charge is 0.463 e. The number of hydrogen-bond acceptors (Lipinski definition) is 7. The van der Waals surface area contributed by atoms with Crippen LogP contribution in [0, 0.1) is 23.2 Å². The first-order valence-electron chi connectivity index (χ1n) is 9.98. The third-order valence-electron chi connectivity index (χ3n) is 6.25. The van der Waals surface area contributed by atoms with Crippen LogP contribution in [0.4, 0.5) is 0 Å². The number of hydrogen-bond donors (Lipinski definition) is 0. The van der Waals surface area contributed by atoms with Gasteiger partial charge in [-0.25, -0.2) is 0 Å². The Hall–Kier alpha value is -1.63. The van der Waals surface area contributed by atoms with E-state index >= 15 is 0 Å². The summed E-state index contributed by atoms with van der Waals surface area (Å²) in [6.45, 7) is 6.58. The van der Waals surface area contributed by atoms with E-state index in [9.17, 15) is 14.4 Å². The fraction of sp³-hybridized carbons (Fsp3) is 0.850. The molecule has 7 heteroatoms. The van der Waals surface area contributed by atoms with Crippen LogP contribution in [0.2, 0.25) is 0 Å². The molecule has 3 fully saturated rings. The molecule has 3 rings (SSSR count). The molecule has 5 atom stereocenters. The highest BCUT2D eigenvalue weighted by atomic mass is 16.6. The van der Waals surface area contributed by atoms with Gasteiger partial charge in [0.15, 0.2) is 0 Å². The summed E-state index contributed by atoms with van der Waals surface area (Å²) < 4.78 is 21.6. The molecule has 0 spiro atoms. The van der Waals surface area contributed by atoms with Crippen molar-refractivity contribution in [1.29, 1.82) is 0 Å². The number of ether oxygens (including phenoxy) is 4. The van der Waals surface area contributed by atoms with Gasteiger partial charge < -0.3 is 18.9 Å². The lowest BCUT2D eigenvalue weighted by Crippen LogP contribution is -2.36. The van der Waals surface area contributed by atoms with Gasteiger partial charge in [-0.05, 0) is 39.5 Å². The summed E-state index contributed by atoms with van der Waals surface area (Å²) in [5, 5.41) is 0. The lowest BCUT2D eigenvalue weighted by molar-refractivity contribution is -0.162. The lowest BCUT2D eigenvalue weighted by atomic mass is 9.88. The Bertz CT molecular complexity index is 585. The van der Waals surface area contributed by atoms with E-state index in [0.717, 1.165) is 19.3 Å². The second-order valence-electron chi connectivity index (χ2n) is 8.45. The summed E-state index contributed by atoms with van der Waals surface area (Å²) in [7, 11) is 0. The van der Waals surface area contributed by atoms with Gasteiger partial charge in [0.05, 0.1) is 17.9 Å². The molecule has 2 bridgehead atoms. The van der Waals surface area contributed by atoms with Crippen LogP contribution in [0.5, 0.6) is 0 Å². The molecule has 1 saturated heterocycles. The summed E-state index contributed by atoms with van der Waals surface area (Å²) in [5.41, 5.74) is -0.475. The minimum Gasteiger partial charge on any atom is -0.463 e. The first kappa shape index (κ1) is 20.1. The van der Waals surface area contributed by atoms with Crippen molar-refractivity contribution in [1.82, 2.24) is 0 Å². The maximum absolute atomic E-state index is 12.1. The first-order chi connectivity index (χ1) is 12.8. The molecule has 0 aromatic carbocycles. The van der Waals surface area contributed by atoms with Crippen LogP contribution < -0.4 is 0 Å². The van der Waals surface area contributed by atoms with Gasteiger partial charge in [0.2, 0.25) is 0 Å². The average molecular weight is 382 g/mol. The molecule has 0 N–H and O–H groups in total. The Morgan fingerprint density at radius 3 is 2.70 bits per heavy atom. The van der Waals surface area contributed by atoms with Gasteiger partial charge in [0, 0.05) is 24.9 Å². The standard InChI is InChI=1S/C20H30O7/c1-4-20(2,3)19(23)25-9-8-24-7-5-6-15(21)26-16-12-10-13-14(11-12)18(22)27-17(13)16/h12-14,16-17H,4-11H2,1-3H3. The summed E-state index contributed by atoms with van der Waals surface area (Å²) in [6.07, 6.45) is 2.74. The lowest BCUT2D eigenvalue weighted by Gasteiger charge is -2.25. The van der Waals surface area contributed by atoms with Crippen molar-refractivity contribution < 1.29 is 33.3 Å². The Labute approximate surface area is 160 Å². The molecule has 1 heterocycles. The van der Waals surface area contributed by atoms with Crippen LogP contribution in [-0.4, -0.2) is 49.9 Å². The van der Waals surface area contributed by atoms with Crippen LogP contribution in [-0.2, 0) is 33.3 Å². The average Bonchev–Trinajstić information content (AvgIpc) is 3.25. The van der Waals surface area contributed by atoms with Crippen molar-refractivity contribution in [3.63, 3.8) is 0 Å². The van der Waals surface area contributed by atoms with Gasteiger partial charge in [0.25, 0.3) is 0 Å². The highest BCUT2D eigenvalue weighted by molar-refractivity contribution is 5.77. The maximum atomic E-state index is 12.1. The van der Waals surface area contributed by atoms with Crippen LogP contribution in [0.15, 0.2) is 0 Å². The molecule has 152 valence electrons. The summed E-state index contributed by atoms with van der Waals surface area (Å²) in [5.74, 6) is -0.0878. The highest BCUT2D eigenvalue weighted by Gasteiger charge is 2.63. The molecule has 0 radical (unpaired) electrons. The molecular formula is C20H30O7. The van der Waals surface area contributed by atoms with Gasteiger partial charge in [0.1, 0.15) is 18.8 Å². The maximum Gasteiger partial charge on any atom is 0.311 e. The smallest absolute Gasteiger partial charge is 0.311 e. The predicted octanol–water partition coefficient (Wildman–Crippen LogP) is 2.26. The fourth-order valence-electron chi connectivity index (χ4n) is 4.23. The Morgan fingerprint density at radius 2 is 1.96 bits per heavy atom. The number of carbonyl (C=O) groups excluding carboxylic acids is 3. The van der Waals surface area contributed by atoms with E-state index in [2.05, 4.69) is 0 Å². The Balaban J connectivity index is 1.25. The quantitative estimate of drug-likeness (QED) is 0.325. The van der Waals surface area contributed by atoms with E-state index in [1.807, 2.05) is 20.8 Å². The van der Waals surface area contributed by atoms with Gasteiger partial charge in [-0.3, -0.25) is 14.4 Å². The molecule has 2 saturated carbocycles. The summed E-state index contributed by atoms with van der Waals surface area (Å²) in [6, 6.07) is 0. The number of carbonyl (C=O) groups is 3. The minimum atomic E-state index is -0.475. The molecule has 2 aliphatic carbocycles. The zero-order chi connectivity index (χ0) is 19.6. The third-order valence-corrected chi connectivity index (χ3v) is 6.25. The number of esters is 3. The zero-order valence-corrected chi connectivity index (χ0v) is 16.4. The Kier molecular flexibility index (Phi) is 6.08. The Morgan fingerprint density at radius 1 is 1.19 bits per heavy atom. The molecule has 7 nitrogen and oxygen atoms in total. The zero-order valence-electron chi connectivity index (χ0n) is 16.4. The molecule has 0 amide bonds. The molecular weight excluding hydrogens is 352 g/mol. The first-order valence-corrected chi connectivity index (χ1v) is 9.98. The van der Waals surface area contributed by atoms with Crippen LogP contribution in [0.25, 0.3) is 0 Å². The normalized spacial score (nSPS) is 31.1. The minimum absolute atomic E-state index is 0.0281. The van der Waals surface area contributed by atoms with Crippen molar-refractivity contribution in [2.45, 2.75) is 65.1 Å². The highest BCUT2D eigenvalue weighted by Crippen LogP contribution is 2.55. The van der Waals surface area contributed by atoms with Crippen molar-refractivity contribution in [2.75, 3.05) is 19.8 Å². The van der Waals surface area contributed by atoms with E-state index in [1.54, 1.807) is 0 Å². The van der Waals surface area contributed by atoms with Gasteiger partial charge in [-0.2, -0.15) is 0 Å². The van der Waals surface area contributed by atoms with Crippen molar-refractivity contribution in [3.8, 4) is 0 Å².